The third-order valence-corrected chi connectivity index (χ3v) is 2.95. The molecule has 0 spiro atoms. The Labute approximate surface area is 96.4 Å². The topological polar surface area (TPSA) is 50.4 Å². The normalized spacial score (nSPS) is 29.1. The third kappa shape index (κ3) is 2.38. The molecular formula is C12H20N2O2. The summed E-state index contributed by atoms with van der Waals surface area (Å²) in [6.45, 7) is 8.17. The van der Waals surface area contributed by atoms with E-state index >= 15 is 0 Å². The second-order valence-electron chi connectivity index (χ2n) is 5.45. The van der Waals surface area contributed by atoms with Crippen LogP contribution < -0.4 is 10.6 Å². The number of esters is 1. The van der Waals surface area contributed by atoms with Crippen molar-refractivity contribution in [3.05, 3.63) is 11.8 Å². The standard InChI is InChI=1S/C12H20N2O2/c1-12(2,3)16-11(15)9-7-14-10-4-5-13-6-8(9)10/h4,8-9,13-14H,5-7H2,1-3H3. The average molecular weight is 224 g/mol. The molecule has 1 fully saturated rings. The van der Waals surface area contributed by atoms with Crippen molar-refractivity contribution in [3.63, 3.8) is 0 Å². The van der Waals surface area contributed by atoms with E-state index in [4.69, 9.17) is 4.74 Å². The van der Waals surface area contributed by atoms with Crippen LogP contribution in [0.4, 0.5) is 0 Å². The number of carbonyl (C=O) groups excluding carboxylic acids is 1. The molecule has 2 heterocycles. The van der Waals surface area contributed by atoms with Crippen LogP contribution in [0.5, 0.6) is 0 Å². The number of rotatable bonds is 1. The lowest BCUT2D eigenvalue weighted by Crippen LogP contribution is -2.37. The Morgan fingerprint density at radius 1 is 1.44 bits per heavy atom. The van der Waals surface area contributed by atoms with Crippen molar-refractivity contribution in [2.45, 2.75) is 26.4 Å². The van der Waals surface area contributed by atoms with Crippen LogP contribution in [0.15, 0.2) is 11.8 Å². The lowest BCUT2D eigenvalue weighted by molar-refractivity contribution is -0.160. The van der Waals surface area contributed by atoms with Crippen molar-refractivity contribution in [2.24, 2.45) is 11.8 Å². The minimum absolute atomic E-state index is 0.0433. The first kappa shape index (κ1) is 11.5. The maximum atomic E-state index is 12.0. The van der Waals surface area contributed by atoms with Gasteiger partial charge in [0.15, 0.2) is 0 Å². The fourth-order valence-electron chi connectivity index (χ4n) is 2.24. The number of ether oxygens (including phenoxy) is 1. The largest absolute Gasteiger partial charge is 0.460 e. The van der Waals surface area contributed by atoms with Gasteiger partial charge in [0.05, 0.1) is 5.92 Å². The van der Waals surface area contributed by atoms with Crippen molar-refractivity contribution in [1.29, 1.82) is 0 Å². The third-order valence-electron chi connectivity index (χ3n) is 2.95. The summed E-state index contributed by atoms with van der Waals surface area (Å²) in [4.78, 5) is 12.0. The molecule has 1 saturated heterocycles. The summed E-state index contributed by atoms with van der Waals surface area (Å²) in [5.41, 5.74) is 0.806. The molecule has 0 amide bonds. The summed E-state index contributed by atoms with van der Waals surface area (Å²) in [6, 6.07) is 0. The van der Waals surface area contributed by atoms with Crippen LogP contribution in [-0.4, -0.2) is 31.2 Å². The van der Waals surface area contributed by atoms with Gasteiger partial charge in [0.1, 0.15) is 5.60 Å². The highest BCUT2D eigenvalue weighted by Crippen LogP contribution is 2.28. The summed E-state index contributed by atoms with van der Waals surface area (Å²) in [7, 11) is 0. The van der Waals surface area contributed by atoms with Gasteiger partial charge < -0.3 is 15.4 Å². The van der Waals surface area contributed by atoms with E-state index < -0.39 is 5.60 Å². The first-order chi connectivity index (χ1) is 7.47. The molecule has 4 heteroatoms. The fraction of sp³-hybridized carbons (Fsp3) is 0.750. The van der Waals surface area contributed by atoms with Crippen molar-refractivity contribution in [1.82, 2.24) is 10.6 Å². The van der Waals surface area contributed by atoms with Gasteiger partial charge in [-0.15, -0.1) is 0 Å². The van der Waals surface area contributed by atoms with Gasteiger partial charge in [-0.05, 0) is 20.8 Å². The maximum absolute atomic E-state index is 12.0. The van der Waals surface area contributed by atoms with Crippen LogP contribution in [0.2, 0.25) is 0 Å². The van der Waals surface area contributed by atoms with Crippen molar-refractivity contribution >= 4 is 5.97 Å². The minimum atomic E-state index is -0.397. The van der Waals surface area contributed by atoms with Gasteiger partial charge in [0, 0.05) is 31.2 Å². The number of hydrogen-bond acceptors (Lipinski definition) is 4. The Morgan fingerprint density at radius 2 is 2.19 bits per heavy atom. The second-order valence-corrected chi connectivity index (χ2v) is 5.45. The van der Waals surface area contributed by atoms with Crippen molar-refractivity contribution in [2.75, 3.05) is 19.6 Å². The fourth-order valence-corrected chi connectivity index (χ4v) is 2.24. The Bertz CT molecular complexity index is 317. The molecule has 2 atom stereocenters. The Kier molecular flexibility index (Phi) is 2.93. The predicted molar refractivity (Wildman–Crippen MR) is 61.8 cm³/mol. The minimum Gasteiger partial charge on any atom is -0.460 e. The van der Waals surface area contributed by atoms with Crippen LogP contribution in [0.3, 0.4) is 0 Å². The molecule has 0 saturated carbocycles. The Morgan fingerprint density at radius 3 is 2.88 bits per heavy atom. The molecule has 2 N–H and O–H groups in total. The van der Waals surface area contributed by atoms with Crippen LogP contribution in [0.25, 0.3) is 0 Å². The highest BCUT2D eigenvalue weighted by atomic mass is 16.6. The van der Waals surface area contributed by atoms with Gasteiger partial charge in [-0.1, -0.05) is 6.08 Å². The van der Waals surface area contributed by atoms with Gasteiger partial charge in [-0.2, -0.15) is 0 Å². The van der Waals surface area contributed by atoms with Crippen LogP contribution in [0, 0.1) is 11.8 Å². The molecule has 2 unspecified atom stereocenters. The number of nitrogens with one attached hydrogen (secondary N) is 2. The van der Waals surface area contributed by atoms with E-state index in [1.54, 1.807) is 0 Å². The van der Waals surface area contributed by atoms with Crippen LogP contribution in [0.1, 0.15) is 20.8 Å². The summed E-state index contributed by atoms with van der Waals surface area (Å²) in [5, 5.41) is 6.58. The molecule has 90 valence electrons. The second kappa shape index (κ2) is 4.09. The van der Waals surface area contributed by atoms with Crippen LogP contribution in [-0.2, 0) is 9.53 Å². The SMILES string of the molecule is CC(C)(C)OC(=O)C1CNC2=CCNCC21. The number of carbonyl (C=O) groups is 1. The van der Waals surface area contributed by atoms with Crippen LogP contribution >= 0.6 is 0 Å². The predicted octanol–water partition coefficient (Wildman–Crippen LogP) is 0.651. The zero-order valence-corrected chi connectivity index (χ0v) is 10.2. The Balaban J connectivity index is 2.03. The number of hydrogen-bond donors (Lipinski definition) is 2. The van der Waals surface area contributed by atoms with E-state index in [1.807, 2.05) is 20.8 Å². The molecule has 2 rings (SSSR count). The molecule has 0 aromatic rings. The highest BCUT2D eigenvalue weighted by Gasteiger charge is 2.39. The van der Waals surface area contributed by atoms with Gasteiger partial charge >= 0.3 is 5.97 Å². The van der Waals surface area contributed by atoms with Gasteiger partial charge in [-0.3, -0.25) is 4.79 Å². The molecule has 0 aromatic heterocycles. The maximum Gasteiger partial charge on any atom is 0.311 e. The summed E-state index contributed by atoms with van der Waals surface area (Å²) in [5.74, 6) is 0.138. The molecule has 2 aliphatic rings. The molecule has 0 radical (unpaired) electrons. The summed E-state index contributed by atoms with van der Waals surface area (Å²) >= 11 is 0. The van der Waals surface area contributed by atoms with E-state index in [0.29, 0.717) is 6.54 Å². The monoisotopic (exact) mass is 224 g/mol. The Hall–Kier alpha value is -1.03. The molecule has 0 aliphatic carbocycles. The van der Waals surface area contributed by atoms with E-state index in [1.165, 1.54) is 5.70 Å². The lowest BCUT2D eigenvalue weighted by atomic mass is 9.91. The number of fused-ring (bicyclic) bond motifs is 1. The lowest BCUT2D eigenvalue weighted by Gasteiger charge is -2.25. The molecule has 16 heavy (non-hydrogen) atoms. The molecule has 2 aliphatic heterocycles. The summed E-state index contributed by atoms with van der Waals surface area (Å²) < 4.78 is 5.44. The van der Waals surface area contributed by atoms with Crippen molar-refractivity contribution < 1.29 is 9.53 Å². The van der Waals surface area contributed by atoms with Gasteiger partial charge in [0.2, 0.25) is 0 Å². The first-order valence-corrected chi connectivity index (χ1v) is 5.85. The zero-order chi connectivity index (χ0) is 11.8. The zero-order valence-electron chi connectivity index (χ0n) is 10.2. The van der Waals surface area contributed by atoms with Crippen molar-refractivity contribution in [3.8, 4) is 0 Å². The van der Waals surface area contributed by atoms with E-state index in [9.17, 15) is 4.79 Å². The summed E-state index contributed by atoms with van der Waals surface area (Å²) in [6.07, 6.45) is 2.12. The molecular weight excluding hydrogens is 204 g/mol. The molecule has 4 nitrogen and oxygen atoms in total. The van der Waals surface area contributed by atoms with E-state index in [2.05, 4.69) is 16.7 Å². The quantitative estimate of drug-likeness (QED) is 0.642. The average Bonchev–Trinajstić information content (AvgIpc) is 2.58. The molecule has 0 bridgehead atoms. The highest BCUT2D eigenvalue weighted by molar-refractivity contribution is 5.75. The van der Waals surface area contributed by atoms with E-state index in [-0.39, 0.29) is 17.8 Å². The molecule has 0 aromatic carbocycles. The van der Waals surface area contributed by atoms with Gasteiger partial charge in [-0.25, -0.2) is 0 Å². The van der Waals surface area contributed by atoms with E-state index in [0.717, 1.165) is 13.1 Å². The van der Waals surface area contributed by atoms with Gasteiger partial charge in [0.25, 0.3) is 0 Å². The smallest absolute Gasteiger partial charge is 0.311 e. The first-order valence-electron chi connectivity index (χ1n) is 5.85.